The third-order valence-electron chi connectivity index (χ3n) is 8.39. The van der Waals surface area contributed by atoms with Crippen molar-refractivity contribution in [1.29, 1.82) is 0 Å². The highest BCUT2D eigenvalue weighted by atomic mass is 32.2. The second kappa shape index (κ2) is 9.82. The molecular weight excluding hydrogens is 577 g/mol. The summed E-state index contributed by atoms with van der Waals surface area (Å²) in [5.74, 6) is -3.15. The fraction of sp³-hybridized carbons (Fsp3) is 0.357. The van der Waals surface area contributed by atoms with Gasteiger partial charge in [0.1, 0.15) is 11.6 Å². The van der Waals surface area contributed by atoms with Gasteiger partial charge in [-0.25, -0.2) is 18.7 Å². The van der Waals surface area contributed by atoms with Gasteiger partial charge in [-0.15, -0.1) is 5.10 Å². The second-order valence-electron chi connectivity index (χ2n) is 11.0. The van der Waals surface area contributed by atoms with Gasteiger partial charge in [0.05, 0.1) is 45.7 Å². The highest BCUT2D eigenvalue weighted by Crippen LogP contribution is 2.69. The molecule has 2 bridgehead atoms. The summed E-state index contributed by atoms with van der Waals surface area (Å²) in [5, 5.41) is 13.0. The summed E-state index contributed by atoms with van der Waals surface area (Å²) in [6, 6.07) is 7.24. The lowest BCUT2D eigenvalue weighted by molar-refractivity contribution is -0.169. The minimum Gasteiger partial charge on any atom is -0.261 e. The number of halogens is 5. The summed E-state index contributed by atoms with van der Waals surface area (Å²) in [6.45, 7) is 4.26. The zero-order valence-corrected chi connectivity index (χ0v) is 23.5. The van der Waals surface area contributed by atoms with Gasteiger partial charge in [0.25, 0.3) is 0 Å². The van der Waals surface area contributed by atoms with E-state index in [1.54, 1.807) is 18.5 Å². The third-order valence-corrected chi connectivity index (χ3v) is 9.50. The molecule has 3 aromatic heterocycles. The molecule has 8 nitrogen and oxygen atoms in total. The Morgan fingerprint density at radius 3 is 2.62 bits per heavy atom. The Labute approximate surface area is 239 Å². The number of carbonyl (C=O) groups is 1. The number of rotatable bonds is 5. The quantitative estimate of drug-likeness (QED) is 0.270. The van der Waals surface area contributed by atoms with E-state index in [0.717, 1.165) is 24.1 Å². The van der Waals surface area contributed by atoms with Crippen LogP contribution >= 0.6 is 0 Å². The number of amides is 1. The van der Waals surface area contributed by atoms with Gasteiger partial charge in [-0.1, -0.05) is 30.6 Å². The second-order valence-corrected chi connectivity index (χ2v) is 12.6. The Morgan fingerprint density at radius 1 is 1.17 bits per heavy atom. The van der Waals surface area contributed by atoms with E-state index in [9.17, 15) is 26.7 Å². The summed E-state index contributed by atoms with van der Waals surface area (Å²) in [5.41, 5.74) is 1.80. The molecule has 6 rings (SSSR count). The molecule has 1 unspecified atom stereocenters. The van der Waals surface area contributed by atoms with Crippen molar-refractivity contribution in [3.8, 4) is 22.6 Å². The molecule has 1 fully saturated rings. The first-order valence-corrected chi connectivity index (χ1v) is 14.7. The topological polar surface area (TPSA) is 98.8 Å². The van der Waals surface area contributed by atoms with E-state index in [2.05, 4.69) is 38.5 Å². The van der Waals surface area contributed by atoms with Crippen LogP contribution in [0.25, 0.3) is 22.6 Å². The molecular formula is C28H24F5N7OS. The summed E-state index contributed by atoms with van der Waals surface area (Å²) < 4.78 is 71.4. The van der Waals surface area contributed by atoms with Gasteiger partial charge in [0.2, 0.25) is 0 Å². The molecule has 1 amide bonds. The largest absolute Gasteiger partial charge is 0.474 e. The van der Waals surface area contributed by atoms with Crippen molar-refractivity contribution in [2.24, 2.45) is 9.78 Å². The summed E-state index contributed by atoms with van der Waals surface area (Å²) in [6.07, 6.45) is 2.68. The number of hydrogen-bond donors (Lipinski definition) is 0. The van der Waals surface area contributed by atoms with E-state index in [4.69, 9.17) is 4.98 Å². The molecule has 0 aliphatic heterocycles. The maximum Gasteiger partial charge on any atom is 0.474 e. The molecule has 2 aliphatic rings. The lowest BCUT2D eigenvalue weighted by Crippen LogP contribution is -2.38. The molecule has 1 saturated carbocycles. The van der Waals surface area contributed by atoms with Gasteiger partial charge in [-0.2, -0.15) is 27.7 Å². The predicted octanol–water partition coefficient (Wildman–Crippen LogP) is 5.76. The number of fused-ring (bicyclic) bond motifs is 5. The van der Waals surface area contributed by atoms with E-state index in [0.29, 0.717) is 17.1 Å². The van der Waals surface area contributed by atoms with Gasteiger partial charge in [-0.05, 0) is 60.3 Å². The van der Waals surface area contributed by atoms with Crippen molar-refractivity contribution in [3.05, 3.63) is 77.5 Å². The molecule has 0 saturated heterocycles. The van der Waals surface area contributed by atoms with E-state index in [-0.39, 0.29) is 28.5 Å². The van der Waals surface area contributed by atoms with Crippen molar-refractivity contribution >= 4 is 16.6 Å². The van der Waals surface area contributed by atoms with Gasteiger partial charge in [0.15, 0.2) is 5.82 Å². The predicted molar refractivity (Wildman–Crippen MR) is 144 cm³/mol. The van der Waals surface area contributed by atoms with Gasteiger partial charge >= 0.3 is 12.1 Å². The van der Waals surface area contributed by atoms with Crippen LogP contribution in [0.1, 0.15) is 49.6 Å². The third kappa shape index (κ3) is 4.34. The Morgan fingerprint density at radius 2 is 1.90 bits per heavy atom. The lowest BCUT2D eigenvalue weighted by Gasteiger charge is -2.37. The van der Waals surface area contributed by atoms with Crippen LogP contribution < -0.4 is 0 Å². The van der Waals surface area contributed by atoms with Crippen LogP contribution in [0.2, 0.25) is 0 Å². The van der Waals surface area contributed by atoms with Crippen molar-refractivity contribution in [3.63, 3.8) is 0 Å². The number of aromatic nitrogens is 6. The van der Waals surface area contributed by atoms with E-state index < -0.39 is 39.8 Å². The standard InChI is InChI=1S/C28H24F5N7OS/c1-26(2)17-7-9-27(26,23-16(17)11-20(37-38-23)22-18(29)5-4-6-19(22)30)21-8-10-34-24(36-21)15-12-35-40(13-15)14-42(3)39-25(41)28(31,32)33/h4-6,8,10-13,17H,7,9,14H2,1-3H3/t17-,27+,42?/m0/s1. The molecule has 3 heterocycles. The maximum absolute atomic E-state index is 14.6. The minimum absolute atomic E-state index is 0.0198. The SMILES string of the molecule is C/S(Cn1cc(-c2nccc([C@]34CC[C@@H](c5cc(-c6c(F)cccc6F)nnc53)C4(C)C)n2)cn1)=N/C(=O)C(F)(F)F. The van der Waals surface area contributed by atoms with Crippen LogP contribution in [-0.2, 0) is 26.8 Å². The smallest absolute Gasteiger partial charge is 0.261 e. The van der Waals surface area contributed by atoms with Gasteiger partial charge < -0.3 is 0 Å². The Balaban J connectivity index is 1.35. The van der Waals surface area contributed by atoms with E-state index in [1.807, 2.05) is 6.07 Å². The molecule has 0 N–H and O–H groups in total. The molecule has 1 aromatic carbocycles. The molecule has 0 spiro atoms. The van der Waals surface area contributed by atoms with Crippen LogP contribution in [0.3, 0.4) is 0 Å². The van der Waals surface area contributed by atoms with Crippen LogP contribution in [0.15, 0.2) is 53.3 Å². The summed E-state index contributed by atoms with van der Waals surface area (Å²) >= 11 is 0. The Bertz CT molecular complexity index is 1750. The molecule has 42 heavy (non-hydrogen) atoms. The average molecular weight is 602 g/mol. The fourth-order valence-electron chi connectivity index (χ4n) is 6.46. The Hall–Kier alpha value is -3.94. The lowest BCUT2D eigenvalue weighted by atomic mass is 9.66. The van der Waals surface area contributed by atoms with Crippen LogP contribution in [0.5, 0.6) is 0 Å². The van der Waals surface area contributed by atoms with Crippen LogP contribution in [0.4, 0.5) is 22.0 Å². The zero-order chi connectivity index (χ0) is 30.0. The number of carbonyl (C=O) groups excluding carboxylic acids is 1. The van der Waals surface area contributed by atoms with Crippen molar-refractivity contribution < 1.29 is 26.7 Å². The van der Waals surface area contributed by atoms with E-state index >= 15 is 0 Å². The first kappa shape index (κ1) is 28.2. The molecule has 14 heteroatoms. The zero-order valence-electron chi connectivity index (χ0n) is 22.7. The molecule has 2 aliphatic carbocycles. The highest BCUT2D eigenvalue weighted by Gasteiger charge is 2.65. The number of alkyl halides is 3. The average Bonchev–Trinajstić information content (AvgIpc) is 3.55. The van der Waals surface area contributed by atoms with Gasteiger partial charge in [-0.3, -0.25) is 9.48 Å². The van der Waals surface area contributed by atoms with Crippen LogP contribution in [-0.4, -0.2) is 48.3 Å². The number of nitrogens with zero attached hydrogens (tertiary/aromatic N) is 7. The monoisotopic (exact) mass is 601 g/mol. The fourth-order valence-corrected chi connectivity index (χ4v) is 7.42. The van der Waals surface area contributed by atoms with Crippen molar-refractivity contribution in [1.82, 2.24) is 29.9 Å². The summed E-state index contributed by atoms with van der Waals surface area (Å²) in [4.78, 5) is 20.5. The number of benzene rings is 1. The first-order valence-electron chi connectivity index (χ1n) is 13.0. The minimum atomic E-state index is -5.02. The first-order chi connectivity index (χ1) is 19.8. The molecule has 218 valence electrons. The number of hydrogen-bond acceptors (Lipinski definition) is 6. The highest BCUT2D eigenvalue weighted by molar-refractivity contribution is 7.85. The Kier molecular flexibility index (Phi) is 6.59. The maximum atomic E-state index is 14.6. The molecule has 4 aromatic rings. The van der Waals surface area contributed by atoms with Gasteiger partial charge in [0, 0.05) is 12.4 Å². The van der Waals surface area contributed by atoms with E-state index in [1.165, 1.54) is 35.3 Å². The molecule has 3 atom stereocenters. The molecule has 0 radical (unpaired) electrons. The summed E-state index contributed by atoms with van der Waals surface area (Å²) in [7, 11) is -1.25. The normalized spacial score (nSPS) is 21.5. The van der Waals surface area contributed by atoms with Crippen molar-refractivity contribution in [2.75, 3.05) is 6.26 Å². The van der Waals surface area contributed by atoms with Crippen molar-refractivity contribution in [2.45, 2.75) is 50.1 Å². The van der Waals surface area contributed by atoms with Crippen LogP contribution in [0, 0.1) is 17.0 Å².